The quantitative estimate of drug-likeness (QED) is 0.798. The molecule has 0 atom stereocenters. The summed E-state index contributed by atoms with van der Waals surface area (Å²) in [4.78, 5) is 22.5. The molecule has 2 aromatic rings. The predicted molar refractivity (Wildman–Crippen MR) is 65.9 cm³/mol. The highest BCUT2D eigenvalue weighted by atomic mass is 32.1. The summed E-state index contributed by atoms with van der Waals surface area (Å²) < 4.78 is 13.5. The summed E-state index contributed by atoms with van der Waals surface area (Å²) >= 11 is 1.07. The maximum Gasteiger partial charge on any atom is 0.337 e. The highest BCUT2D eigenvalue weighted by Crippen LogP contribution is 2.20. The third-order valence-corrected chi connectivity index (χ3v) is 2.67. The van der Waals surface area contributed by atoms with Crippen molar-refractivity contribution in [3.05, 3.63) is 35.1 Å². The second kappa shape index (κ2) is 5.40. The molecule has 0 bridgehead atoms. The topological polar surface area (TPSA) is 104 Å². The highest BCUT2D eigenvalue weighted by molar-refractivity contribution is 7.13. The number of aromatic carboxylic acids is 1. The van der Waals surface area contributed by atoms with Crippen molar-refractivity contribution in [1.82, 2.24) is 10.2 Å². The van der Waals surface area contributed by atoms with Gasteiger partial charge >= 0.3 is 12.0 Å². The van der Waals surface area contributed by atoms with Crippen LogP contribution in [0.5, 0.6) is 0 Å². The van der Waals surface area contributed by atoms with Gasteiger partial charge in [0.15, 0.2) is 0 Å². The minimum Gasteiger partial charge on any atom is -0.478 e. The lowest BCUT2D eigenvalue weighted by Crippen LogP contribution is -2.21. The van der Waals surface area contributed by atoms with Crippen molar-refractivity contribution in [2.24, 2.45) is 0 Å². The first kappa shape index (κ1) is 12.9. The van der Waals surface area contributed by atoms with Gasteiger partial charge in [0, 0.05) is 0 Å². The molecule has 98 valence electrons. The summed E-state index contributed by atoms with van der Waals surface area (Å²) in [5, 5.41) is 20.6. The van der Waals surface area contributed by atoms with Crippen LogP contribution in [0.4, 0.5) is 20.0 Å². The Morgan fingerprint density at radius 1 is 1.32 bits per heavy atom. The second-order valence-corrected chi connectivity index (χ2v) is 4.12. The van der Waals surface area contributed by atoms with Crippen LogP contribution in [0.25, 0.3) is 0 Å². The molecule has 1 heterocycles. The summed E-state index contributed by atoms with van der Waals surface area (Å²) in [6, 6.07) is 2.68. The number of hydrogen-bond donors (Lipinski definition) is 3. The molecular formula is C10H7FN4O3S. The number of amides is 2. The van der Waals surface area contributed by atoms with Gasteiger partial charge in [-0.3, -0.25) is 5.32 Å². The van der Waals surface area contributed by atoms with Crippen molar-refractivity contribution in [2.75, 3.05) is 10.6 Å². The van der Waals surface area contributed by atoms with E-state index >= 15 is 0 Å². The zero-order valence-corrected chi connectivity index (χ0v) is 10.1. The minimum atomic E-state index is -1.34. The molecule has 0 fully saturated rings. The zero-order valence-electron chi connectivity index (χ0n) is 9.25. The highest BCUT2D eigenvalue weighted by Gasteiger charge is 2.16. The number of carbonyl (C=O) groups excluding carboxylic acids is 1. The van der Waals surface area contributed by atoms with Gasteiger partial charge in [-0.1, -0.05) is 17.4 Å². The summed E-state index contributed by atoms with van der Waals surface area (Å²) in [7, 11) is 0. The first-order chi connectivity index (χ1) is 9.08. The number of anilines is 2. The van der Waals surface area contributed by atoms with Gasteiger partial charge in [-0.05, 0) is 12.1 Å². The van der Waals surface area contributed by atoms with E-state index in [-0.39, 0.29) is 10.7 Å². The molecule has 9 heteroatoms. The van der Waals surface area contributed by atoms with Crippen molar-refractivity contribution in [1.29, 1.82) is 0 Å². The van der Waals surface area contributed by atoms with E-state index in [1.165, 1.54) is 17.6 Å². The fourth-order valence-corrected chi connectivity index (χ4v) is 1.74. The lowest BCUT2D eigenvalue weighted by atomic mass is 10.1. The van der Waals surface area contributed by atoms with Gasteiger partial charge in [0.25, 0.3) is 0 Å². The van der Waals surface area contributed by atoms with Crippen LogP contribution in [0.1, 0.15) is 10.4 Å². The number of carboxylic acid groups (broad SMARTS) is 1. The Hall–Kier alpha value is -2.55. The molecule has 0 saturated carbocycles. The van der Waals surface area contributed by atoms with E-state index in [1.807, 2.05) is 0 Å². The van der Waals surface area contributed by atoms with Crippen molar-refractivity contribution in [3.63, 3.8) is 0 Å². The lowest BCUT2D eigenvalue weighted by Gasteiger charge is -2.09. The number of benzene rings is 1. The summed E-state index contributed by atoms with van der Waals surface area (Å²) in [6.07, 6.45) is 0. The van der Waals surface area contributed by atoms with Gasteiger partial charge in [-0.25, -0.2) is 14.0 Å². The van der Waals surface area contributed by atoms with Gasteiger partial charge in [0.1, 0.15) is 11.3 Å². The Balaban J connectivity index is 2.19. The molecule has 0 aliphatic carbocycles. The van der Waals surface area contributed by atoms with Crippen LogP contribution in [-0.2, 0) is 0 Å². The number of carbonyl (C=O) groups is 2. The Labute approximate surface area is 110 Å². The van der Waals surface area contributed by atoms with E-state index in [0.717, 1.165) is 17.4 Å². The SMILES string of the molecule is O=C(Nc1nncs1)Nc1c(F)cccc1C(=O)O. The Morgan fingerprint density at radius 2 is 2.11 bits per heavy atom. The number of halogens is 1. The second-order valence-electron chi connectivity index (χ2n) is 3.29. The average Bonchev–Trinajstić information content (AvgIpc) is 2.84. The number of carboxylic acids is 1. The summed E-state index contributed by atoms with van der Waals surface area (Å²) in [5.74, 6) is -2.18. The van der Waals surface area contributed by atoms with E-state index in [4.69, 9.17) is 5.11 Å². The van der Waals surface area contributed by atoms with Crippen molar-refractivity contribution in [2.45, 2.75) is 0 Å². The van der Waals surface area contributed by atoms with Gasteiger partial charge in [0.2, 0.25) is 5.13 Å². The van der Waals surface area contributed by atoms with Gasteiger partial charge in [0.05, 0.1) is 11.3 Å². The predicted octanol–water partition coefficient (Wildman–Crippen LogP) is 2.02. The lowest BCUT2D eigenvalue weighted by molar-refractivity contribution is 0.0697. The molecule has 3 N–H and O–H groups in total. The summed E-state index contributed by atoms with van der Waals surface area (Å²) in [6.45, 7) is 0. The van der Waals surface area contributed by atoms with Crippen LogP contribution in [0.3, 0.4) is 0 Å². The normalized spacial score (nSPS) is 9.95. The number of hydrogen-bond acceptors (Lipinski definition) is 5. The number of rotatable bonds is 3. The zero-order chi connectivity index (χ0) is 13.8. The first-order valence-corrected chi connectivity index (χ1v) is 5.82. The fourth-order valence-electron chi connectivity index (χ4n) is 1.30. The number of aromatic nitrogens is 2. The van der Waals surface area contributed by atoms with E-state index in [2.05, 4.69) is 20.8 Å². The van der Waals surface area contributed by atoms with Gasteiger partial charge < -0.3 is 10.4 Å². The standard InChI is InChI=1S/C10H7FN4O3S/c11-6-3-1-2-5(8(16)17)7(6)13-9(18)14-10-15-12-4-19-10/h1-4H,(H,16,17)(H2,13,14,15,18). The minimum absolute atomic E-state index is 0.214. The van der Waals surface area contributed by atoms with Crippen LogP contribution < -0.4 is 10.6 Å². The largest absolute Gasteiger partial charge is 0.478 e. The Bertz CT molecular complexity index is 617. The van der Waals surface area contributed by atoms with Crippen molar-refractivity contribution >= 4 is 34.2 Å². The molecule has 0 radical (unpaired) electrons. The number of para-hydroxylation sites is 1. The van der Waals surface area contributed by atoms with Crippen LogP contribution in [-0.4, -0.2) is 27.3 Å². The Kier molecular flexibility index (Phi) is 3.66. The Morgan fingerprint density at radius 3 is 2.74 bits per heavy atom. The maximum absolute atomic E-state index is 13.5. The van der Waals surface area contributed by atoms with E-state index in [9.17, 15) is 14.0 Å². The molecule has 0 saturated heterocycles. The number of nitrogens with zero attached hydrogens (tertiary/aromatic N) is 2. The first-order valence-electron chi connectivity index (χ1n) is 4.94. The molecule has 0 aliphatic heterocycles. The third-order valence-electron chi connectivity index (χ3n) is 2.06. The summed E-state index contributed by atoms with van der Waals surface area (Å²) in [5.41, 5.74) is 0.658. The third kappa shape index (κ3) is 3.01. The van der Waals surface area contributed by atoms with Crippen LogP contribution in [0.15, 0.2) is 23.7 Å². The molecule has 0 aliphatic rings. The maximum atomic E-state index is 13.5. The van der Waals surface area contributed by atoms with Crippen LogP contribution >= 0.6 is 11.3 Å². The van der Waals surface area contributed by atoms with E-state index < -0.39 is 23.5 Å². The number of urea groups is 1. The smallest absolute Gasteiger partial charge is 0.337 e. The molecule has 0 unspecified atom stereocenters. The molecule has 0 spiro atoms. The van der Waals surface area contributed by atoms with Gasteiger partial charge in [-0.2, -0.15) is 0 Å². The van der Waals surface area contributed by atoms with E-state index in [1.54, 1.807) is 0 Å². The average molecular weight is 282 g/mol. The van der Waals surface area contributed by atoms with E-state index in [0.29, 0.717) is 0 Å². The molecule has 1 aromatic heterocycles. The van der Waals surface area contributed by atoms with Crippen LogP contribution in [0.2, 0.25) is 0 Å². The molecule has 1 aromatic carbocycles. The molecule has 7 nitrogen and oxygen atoms in total. The number of nitrogens with one attached hydrogen (secondary N) is 2. The van der Waals surface area contributed by atoms with Crippen LogP contribution in [0, 0.1) is 5.82 Å². The van der Waals surface area contributed by atoms with Gasteiger partial charge in [-0.15, -0.1) is 10.2 Å². The van der Waals surface area contributed by atoms with Crippen molar-refractivity contribution < 1.29 is 19.1 Å². The van der Waals surface area contributed by atoms with Crippen molar-refractivity contribution in [3.8, 4) is 0 Å². The molecule has 2 amide bonds. The fraction of sp³-hybridized carbons (Fsp3) is 0. The monoisotopic (exact) mass is 282 g/mol. The molecule has 19 heavy (non-hydrogen) atoms. The molecule has 2 rings (SSSR count). The molecular weight excluding hydrogens is 275 g/mol.